The molecule has 0 saturated heterocycles. The van der Waals surface area contributed by atoms with Crippen LogP contribution in [0.3, 0.4) is 0 Å². The van der Waals surface area contributed by atoms with Crippen LogP contribution < -0.4 is 10.1 Å². The van der Waals surface area contributed by atoms with Gasteiger partial charge in [0.2, 0.25) is 11.8 Å². The Bertz CT molecular complexity index is 1230. The molecule has 0 spiro atoms. The van der Waals surface area contributed by atoms with Crippen LogP contribution in [0.1, 0.15) is 39.6 Å². The third-order valence-corrected chi connectivity index (χ3v) is 5.48. The van der Waals surface area contributed by atoms with Crippen molar-refractivity contribution in [2.45, 2.75) is 26.2 Å². The van der Waals surface area contributed by atoms with Crippen LogP contribution in [0, 0.1) is 13.8 Å². The van der Waals surface area contributed by atoms with E-state index in [1.807, 2.05) is 48.5 Å². The summed E-state index contributed by atoms with van der Waals surface area (Å²) in [4.78, 5) is 13.3. The zero-order valence-electron chi connectivity index (χ0n) is 17.3. The predicted octanol–water partition coefficient (Wildman–Crippen LogP) is 5.15. The number of nitrogens with zero attached hydrogens (tertiary/aromatic N) is 2. The summed E-state index contributed by atoms with van der Waals surface area (Å²) in [7, 11) is 0. The number of benzene rings is 3. The van der Waals surface area contributed by atoms with Crippen molar-refractivity contribution in [2.24, 2.45) is 0 Å². The molecule has 1 aromatic heterocycles. The molecule has 0 aliphatic carbocycles. The Morgan fingerprint density at radius 1 is 0.935 bits per heavy atom. The molecule has 4 aromatic rings. The van der Waals surface area contributed by atoms with Crippen molar-refractivity contribution in [1.29, 1.82) is 0 Å². The molecule has 1 N–H and O–H groups in total. The molecule has 2 heterocycles. The summed E-state index contributed by atoms with van der Waals surface area (Å²) < 4.78 is 11.7. The lowest BCUT2D eigenvalue weighted by atomic mass is 9.87. The standard InChI is InChI=1S/C25H21N3O3/c1-15-11-12-17(16(2)13-15)14-22-27-28-25(31-22)26-24(29)23-18-7-3-5-9-20(18)30-21-10-6-4-8-19(21)23/h3-13,23H,14H2,1-2H3,(H,26,28,29). The van der Waals surface area contributed by atoms with Gasteiger partial charge in [-0.2, -0.15) is 0 Å². The first-order valence-electron chi connectivity index (χ1n) is 10.1. The van der Waals surface area contributed by atoms with E-state index in [1.54, 1.807) is 0 Å². The second-order valence-electron chi connectivity index (χ2n) is 7.71. The zero-order chi connectivity index (χ0) is 21.4. The Hall–Kier alpha value is -3.93. The molecule has 0 radical (unpaired) electrons. The maximum absolute atomic E-state index is 13.3. The summed E-state index contributed by atoms with van der Waals surface area (Å²) in [6.45, 7) is 4.12. The fourth-order valence-electron chi connectivity index (χ4n) is 3.95. The van der Waals surface area contributed by atoms with Crippen molar-refractivity contribution < 1.29 is 13.9 Å². The Kier molecular flexibility index (Phi) is 4.75. The van der Waals surface area contributed by atoms with Gasteiger partial charge in [-0.25, -0.2) is 0 Å². The van der Waals surface area contributed by atoms with E-state index in [1.165, 1.54) is 11.1 Å². The maximum atomic E-state index is 13.3. The van der Waals surface area contributed by atoms with Crippen LogP contribution in [-0.4, -0.2) is 16.1 Å². The van der Waals surface area contributed by atoms with Crippen molar-refractivity contribution in [3.05, 3.63) is 100 Å². The van der Waals surface area contributed by atoms with Crippen LogP contribution in [0.15, 0.2) is 71.1 Å². The number of fused-ring (bicyclic) bond motifs is 2. The van der Waals surface area contributed by atoms with Crippen LogP contribution >= 0.6 is 0 Å². The summed E-state index contributed by atoms with van der Waals surface area (Å²) in [5.41, 5.74) is 5.08. The monoisotopic (exact) mass is 411 g/mol. The number of hydrogen-bond donors (Lipinski definition) is 1. The van der Waals surface area contributed by atoms with Gasteiger partial charge in [0.1, 0.15) is 11.5 Å². The minimum Gasteiger partial charge on any atom is -0.457 e. The SMILES string of the molecule is Cc1ccc(Cc2nnc(NC(=O)C3c4ccccc4Oc4ccccc43)o2)c(C)c1. The summed E-state index contributed by atoms with van der Waals surface area (Å²) >= 11 is 0. The molecule has 0 bridgehead atoms. The summed E-state index contributed by atoms with van der Waals surface area (Å²) in [5.74, 6) is 1.01. The molecule has 6 nitrogen and oxygen atoms in total. The van der Waals surface area contributed by atoms with Gasteiger partial charge in [0.25, 0.3) is 0 Å². The van der Waals surface area contributed by atoms with Gasteiger partial charge in [0.05, 0.1) is 12.3 Å². The van der Waals surface area contributed by atoms with E-state index >= 15 is 0 Å². The first-order chi connectivity index (χ1) is 15.1. The van der Waals surface area contributed by atoms with Gasteiger partial charge in [-0.1, -0.05) is 65.3 Å². The van der Waals surface area contributed by atoms with Crippen LogP contribution in [0.2, 0.25) is 0 Å². The molecule has 0 atom stereocenters. The topological polar surface area (TPSA) is 77.2 Å². The summed E-state index contributed by atoms with van der Waals surface area (Å²) in [5, 5.41) is 10.9. The number of aryl methyl sites for hydroxylation is 2. The Balaban J connectivity index is 1.39. The van der Waals surface area contributed by atoms with E-state index < -0.39 is 5.92 Å². The number of carbonyl (C=O) groups is 1. The van der Waals surface area contributed by atoms with E-state index in [2.05, 4.69) is 47.6 Å². The number of nitrogens with one attached hydrogen (secondary N) is 1. The first-order valence-corrected chi connectivity index (χ1v) is 10.1. The van der Waals surface area contributed by atoms with Gasteiger partial charge in [-0.05, 0) is 37.1 Å². The van der Waals surface area contributed by atoms with Crippen LogP contribution in [0.5, 0.6) is 11.5 Å². The second kappa shape index (κ2) is 7.72. The van der Waals surface area contributed by atoms with Crippen molar-refractivity contribution >= 4 is 11.9 Å². The van der Waals surface area contributed by atoms with Gasteiger partial charge in [0, 0.05) is 11.1 Å². The largest absolute Gasteiger partial charge is 0.457 e. The number of ether oxygens (including phenoxy) is 1. The highest BCUT2D eigenvalue weighted by molar-refractivity contribution is 5.98. The number of amides is 1. The molecule has 6 heteroatoms. The Morgan fingerprint density at radius 2 is 1.61 bits per heavy atom. The molecule has 31 heavy (non-hydrogen) atoms. The van der Waals surface area contributed by atoms with Crippen molar-refractivity contribution in [1.82, 2.24) is 10.2 Å². The lowest BCUT2D eigenvalue weighted by Gasteiger charge is -2.26. The van der Waals surface area contributed by atoms with Gasteiger partial charge in [-0.3, -0.25) is 10.1 Å². The molecule has 1 amide bonds. The van der Waals surface area contributed by atoms with Crippen LogP contribution in [-0.2, 0) is 11.2 Å². The fourth-order valence-corrected chi connectivity index (χ4v) is 3.95. The molecular weight excluding hydrogens is 390 g/mol. The highest BCUT2D eigenvalue weighted by Gasteiger charge is 2.33. The lowest BCUT2D eigenvalue weighted by molar-refractivity contribution is -0.117. The molecule has 1 aliphatic heterocycles. The molecule has 0 saturated carbocycles. The van der Waals surface area contributed by atoms with E-state index in [0.29, 0.717) is 23.8 Å². The number of aromatic nitrogens is 2. The molecular formula is C25H21N3O3. The van der Waals surface area contributed by atoms with Gasteiger partial charge in [-0.15, -0.1) is 5.10 Å². The highest BCUT2D eigenvalue weighted by Crippen LogP contribution is 2.44. The summed E-state index contributed by atoms with van der Waals surface area (Å²) in [6, 6.07) is 21.4. The first kappa shape index (κ1) is 19.1. The third kappa shape index (κ3) is 3.68. The van der Waals surface area contributed by atoms with Crippen molar-refractivity contribution in [3.8, 4) is 11.5 Å². The number of para-hydroxylation sites is 2. The average Bonchev–Trinajstić information content (AvgIpc) is 3.20. The quantitative estimate of drug-likeness (QED) is 0.502. The lowest BCUT2D eigenvalue weighted by Crippen LogP contribution is -2.25. The summed E-state index contributed by atoms with van der Waals surface area (Å²) in [6.07, 6.45) is 0.512. The molecule has 3 aromatic carbocycles. The number of carbonyl (C=O) groups excluding carboxylic acids is 1. The van der Waals surface area contributed by atoms with Gasteiger partial charge in [0.15, 0.2) is 0 Å². The van der Waals surface area contributed by atoms with Crippen LogP contribution in [0.25, 0.3) is 0 Å². The van der Waals surface area contributed by atoms with Crippen LogP contribution in [0.4, 0.5) is 6.01 Å². The van der Waals surface area contributed by atoms with Gasteiger partial charge >= 0.3 is 6.01 Å². The number of hydrogen-bond acceptors (Lipinski definition) is 5. The van der Waals surface area contributed by atoms with Gasteiger partial charge < -0.3 is 9.15 Å². The normalized spacial score (nSPS) is 12.6. The van der Waals surface area contributed by atoms with Crippen molar-refractivity contribution in [3.63, 3.8) is 0 Å². The highest BCUT2D eigenvalue weighted by atomic mass is 16.5. The molecule has 5 rings (SSSR count). The smallest absolute Gasteiger partial charge is 0.322 e. The average molecular weight is 411 g/mol. The predicted molar refractivity (Wildman–Crippen MR) is 116 cm³/mol. The van der Waals surface area contributed by atoms with E-state index in [4.69, 9.17) is 9.15 Å². The Labute approximate surface area is 179 Å². The maximum Gasteiger partial charge on any atom is 0.322 e. The molecule has 0 fully saturated rings. The van der Waals surface area contributed by atoms with E-state index in [-0.39, 0.29) is 11.9 Å². The number of rotatable bonds is 4. The molecule has 0 unspecified atom stereocenters. The second-order valence-corrected chi connectivity index (χ2v) is 7.71. The van der Waals surface area contributed by atoms with E-state index in [9.17, 15) is 4.79 Å². The number of anilines is 1. The third-order valence-electron chi connectivity index (χ3n) is 5.48. The fraction of sp³-hybridized carbons (Fsp3) is 0.160. The minimum atomic E-state index is -0.532. The minimum absolute atomic E-state index is 0.0891. The zero-order valence-corrected chi connectivity index (χ0v) is 17.3. The van der Waals surface area contributed by atoms with E-state index in [0.717, 1.165) is 16.7 Å². The molecule has 154 valence electrons. The Morgan fingerprint density at radius 3 is 2.29 bits per heavy atom. The molecule has 1 aliphatic rings. The van der Waals surface area contributed by atoms with Crippen molar-refractivity contribution in [2.75, 3.05) is 5.32 Å².